The minimum Gasteiger partial charge on any atom is -0.311 e. The van der Waals surface area contributed by atoms with E-state index in [1.165, 1.54) is 0 Å². The van der Waals surface area contributed by atoms with Gasteiger partial charge in [0, 0.05) is 42.2 Å². The van der Waals surface area contributed by atoms with Gasteiger partial charge in [0.15, 0.2) is 0 Å². The summed E-state index contributed by atoms with van der Waals surface area (Å²) >= 11 is 1.67. The molecule has 4 aromatic heterocycles. The van der Waals surface area contributed by atoms with E-state index in [-0.39, 0.29) is 11.8 Å². The number of fused-ring (bicyclic) bond motifs is 1. The molecule has 0 radical (unpaired) electrons. The first kappa shape index (κ1) is 16.0. The molecule has 0 saturated carbocycles. The van der Waals surface area contributed by atoms with Crippen molar-refractivity contribution in [2.24, 2.45) is 7.05 Å². The molecule has 0 aromatic carbocycles. The normalized spacial score (nSPS) is 16.2. The summed E-state index contributed by atoms with van der Waals surface area (Å²) in [4.78, 5) is 19.1. The number of nitrogens with zero attached hydrogens (tertiary/aromatic N) is 4. The summed E-state index contributed by atoms with van der Waals surface area (Å²) in [5, 5.41) is 14.6. The number of thiophene rings is 1. The van der Waals surface area contributed by atoms with Gasteiger partial charge in [-0.25, -0.2) is 0 Å². The Morgan fingerprint density at radius 2 is 2.11 bits per heavy atom. The Morgan fingerprint density at radius 1 is 1.19 bits per heavy atom. The van der Waals surface area contributed by atoms with Gasteiger partial charge in [-0.3, -0.25) is 19.6 Å². The third-order valence-electron chi connectivity index (χ3n) is 4.72. The van der Waals surface area contributed by atoms with E-state index in [0.29, 0.717) is 6.42 Å². The molecule has 1 aliphatic rings. The molecule has 0 spiro atoms. The van der Waals surface area contributed by atoms with E-state index < -0.39 is 0 Å². The average molecular weight is 376 g/mol. The van der Waals surface area contributed by atoms with E-state index >= 15 is 0 Å². The monoisotopic (exact) mass is 376 g/mol. The second-order valence-corrected chi connectivity index (χ2v) is 7.54. The number of carbonyl (C=O) groups excluding carboxylic acids is 1. The molecule has 8 heteroatoms. The molecule has 0 aliphatic carbocycles. The van der Waals surface area contributed by atoms with Gasteiger partial charge in [0.05, 0.1) is 16.3 Å². The number of carbonyl (C=O) groups is 1. The van der Waals surface area contributed by atoms with Crippen molar-refractivity contribution >= 4 is 23.1 Å². The van der Waals surface area contributed by atoms with Crippen molar-refractivity contribution in [1.82, 2.24) is 25.0 Å². The van der Waals surface area contributed by atoms with Crippen LogP contribution < -0.4 is 5.32 Å². The van der Waals surface area contributed by atoms with Gasteiger partial charge >= 0.3 is 0 Å². The first-order valence-corrected chi connectivity index (χ1v) is 9.40. The van der Waals surface area contributed by atoms with Crippen molar-refractivity contribution in [3.8, 4) is 22.0 Å². The van der Waals surface area contributed by atoms with Gasteiger partial charge in [0.2, 0.25) is 5.91 Å². The van der Waals surface area contributed by atoms with Crippen LogP contribution in [0.5, 0.6) is 0 Å². The van der Waals surface area contributed by atoms with Crippen LogP contribution in [0, 0.1) is 0 Å². The third kappa shape index (κ3) is 2.65. The van der Waals surface area contributed by atoms with Crippen molar-refractivity contribution in [1.29, 1.82) is 0 Å². The van der Waals surface area contributed by atoms with Gasteiger partial charge in [-0.05, 0) is 30.3 Å². The molecule has 2 N–H and O–H groups in total. The number of aryl methyl sites for hydroxylation is 1. The van der Waals surface area contributed by atoms with Crippen LogP contribution in [-0.4, -0.2) is 30.9 Å². The fourth-order valence-electron chi connectivity index (χ4n) is 3.50. The van der Waals surface area contributed by atoms with E-state index in [0.717, 1.165) is 38.2 Å². The molecular weight excluding hydrogens is 360 g/mol. The quantitative estimate of drug-likeness (QED) is 0.573. The molecular formula is C19H16N6OS. The van der Waals surface area contributed by atoms with Crippen LogP contribution in [0.2, 0.25) is 0 Å². The molecule has 1 atom stereocenters. The van der Waals surface area contributed by atoms with E-state index in [9.17, 15) is 4.79 Å². The number of aromatic amines is 1. The second kappa shape index (κ2) is 6.17. The van der Waals surface area contributed by atoms with Crippen molar-refractivity contribution < 1.29 is 4.79 Å². The van der Waals surface area contributed by atoms with Crippen LogP contribution in [0.15, 0.2) is 48.8 Å². The lowest BCUT2D eigenvalue weighted by Gasteiger charge is -2.23. The van der Waals surface area contributed by atoms with Gasteiger partial charge in [0.1, 0.15) is 11.5 Å². The number of nitrogens with one attached hydrogen (secondary N) is 2. The lowest BCUT2D eigenvalue weighted by Crippen LogP contribution is -2.24. The molecule has 5 heterocycles. The number of amides is 1. The van der Waals surface area contributed by atoms with Gasteiger partial charge < -0.3 is 5.32 Å². The Labute approximate surface area is 159 Å². The SMILES string of the molecule is Cn1nc(-c2ccccn2)c2c1NC(=O)C[C@@H]2c1ccc(-c2ccn[nH]2)s1. The zero-order chi connectivity index (χ0) is 18.4. The van der Waals surface area contributed by atoms with Crippen LogP contribution in [0.3, 0.4) is 0 Å². The summed E-state index contributed by atoms with van der Waals surface area (Å²) in [7, 11) is 1.85. The number of aromatic nitrogens is 5. The molecule has 7 nitrogen and oxygen atoms in total. The maximum atomic E-state index is 12.4. The highest BCUT2D eigenvalue weighted by Gasteiger charge is 2.34. The highest BCUT2D eigenvalue weighted by atomic mass is 32.1. The molecule has 0 saturated heterocycles. The molecule has 1 amide bonds. The molecule has 134 valence electrons. The molecule has 5 rings (SSSR count). The fourth-order valence-corrected chi connectivity index (χ4v) is 4.60. The minimum atomic E-state index is -0.0545. The molecule has 0 fully saturated rings. The Kier molecular flexibility index (Phi) is 3.64. The predicted octanol–water partition coefficient (Wildman–Crippen LogP) is 3.41. The summed E-state index contributed by atoms with van der Waals surface area (Å²) in [5.74, 6) is 0.689. The van der Waals surface area contributed by atoms with Crippen LogP contribution in [0.1, 0.15) is 22.8 Å². The summed E-state index contributed by atoms with van der Waals surface area (Å²) < 4.78 is 1.73. The zero-order valence-corrected chi connectivity index (χ0v) is 15.3. The van der Waals surface area contributed by atoms with Crippen LogP contribution >= 0.6 is 11.3 Å². The van der Waals surface area contributed by atoms with Gasteiger partial charge in [-0.1, -0.05) is 6.07 Å². The number of H-pyrrole nitrogens is 1. The smallest absolute Gasteiger partial charge is 0.226 e. The number of hydrogen-bond donors (Lipinski definition) is 2. The Bertz CT molecular complexity index is 1110. The average Bonchev–Trinajstić information content (AvgIpc) is 3.42. The maximum absolute atomic E-state index is 12.4. The number of pyridine rings is 1. The summed E-state index contributed by atoms with van der Waals surface area (Å²) in [6, 6.07) is 11.9. The highest BCUT2D eigenvalue weighted by molar-refractivity contribution is 7.15. The van der Waals surface area contributed by atoms with Crippen molar-refractivity contribution in [2.75, 3.05) is 5.32 Å². The van der Waals surface area contributed by atoms with Crippen molar-refractivity contribution in [3.05, 3.63) is 59.2 Å². The lowest BCUT2D eigenvalue weighted by molar-refractivity contribution is -0.116. The molecule has 27 heavy (non-hydrogen) atoms. The third-order valence-corrected chi connectivity index (χ3v) is 5.96. The summed E-state index contributed by atoms with van der Waals surface area (Å²) in [6.07, 6.45) is 3.89. The predicted molar refractivity (Wildman–Crippen MR) is 103 cm³/mol. The second-order valence-electron chi connectivity index (χ2n) is 6.43. The highest BCUT2D eigenvalue weighted by Crippen LogP contribution is 2.45. The van der Waals surface area contributed by atoms with E-state index in [2.05, 4.69) is 37.7 Å². The van der Waals surface area contributed by atoms with Crippen molar-refractivity contribution in [2.45, 2.75) is 12.3 Å². The molecule has 0 unspecified atom stereocenters. The van der Waals surface area contributed by atoms with Crippen LogP contribution in [0.25, 0.3) is 22.0 Å². The Morgan fingerprint density at radius 3 is 2.89 bits per heavy atom. The minimum absolute atomic E-state index is 0.000406. The van der Waals surface area contributed by atoms with Gasteiger partial charge in [-0.2, -0.15) is 10.2 Å². The number of hydrogen-bond acceptors (Lipinski definition) is 5. The Balaban J connectivity index is 1.65. The zero-order valence-electron chi connectivity index (χ0n) is 14.5. The fraction of sp³-hybridized carbons (Fsp3) is 0.158. The number of anilines is 1. The largest absolute Gasteiger partial charge is 0.311 e. The van der Waals surface area contributed by atoms with E-state index in [1.54, 1.807) is 28.4 Å². The number of rotatable bonds is 3. The standard InChI is InChI=1S/C19H16N6OS/c1-25-19-17(18(24-25)13-4-2-3-8-20-13)11(10-16(26)22-19)14-5-6-15(27-14)12-7-9-21-23-12/h2-9,11H,10H2,1H3,(H,21,23)(H,22,26)/t11-/m1/s1. The van der Waals surface area contributed by atoms with E-state index in [4.69, 9.17) is 0 Å². The molecule has 1 aliphatic heterocycles. The van der Waals surface area contributed by atoms with Crippen LogP contribution in [-0.2, 0) is 11.8 Å². The van der Waals surface area contributed by atoms with Gasteiger partial charge in [-0.15, -0.1) is 11.3 Å². The summed E-state index contributed by atoms with van der Waals surface area (Å²) in [5.41, 5.74) is 3.62. The maximum Gasteiger partial charge on any atom is 0.226 e. The Hall–Kier alpha value is -3.26. The molecule has 0 bridgehead atoms. The molecule has 4 aromatic rings. The summed E-state index contributed by atoms with van der Waals surface area (Å²) in [6.45, 7) is 0. The van der Waals surface area contributed by atoms with E-state index in [1.807, 2.05) is 31.3 Å². The first-order valence-electron chi connectivity index (χ1n) is 8.58. The van der Waals surface area contributed by atoms with Gasteiger partial charge in [0.25, 0.3) is 0 Å². The van der Waals surface area contributed by atoms with Crippen molar-refractivity contribution in [3.63, 3.8) is 0 Å². The lowest BCUT2D eigenvalue weighted by atomic mass is 9.89. The first-order chi connectivity index (χ1) is 13.2. The topological polar surface area (TPSA) is 88.5 Å². The van der Waals surface area contributed by atoms with Crippen LogP contribution in [0.4, 0.5) is 5.82 Å².